The largest absolute Gasteiger partial charge is 0.467 e. The molecule has 0 saturated carbocycles. The van der Waals surface area contributed by atoms with E-state index < -0.39 is 0 Å². The molecule has 2 atom stereocenters. The van der Waals surface area contributed by atoms with Crippen LogP contribution < -0.4 is 0 Å². The first kappa shape index (κ1) is 22.1. The van der Waals surface area contributed by atoms with E-state index in [1.54, 1.807) is 13.4 Å². The number of furan rings is 1. The van der Waals surface area contributed by atoms with Crippen LogP contribution in [-0.2, 0) is 4.74 Å². The Kier molecular flexibility index (Phi) is 7.23. The lowest BCUT2D eigenvalue weighted by Crippen LogP contribution is -2.35. The molecule has 0 spiro atoms. The third-order valence-electron chi connectivity index (χ3n) is 6.01. The van der Waals surface area contributed by atoms with Crippen LogP contribution in [0.5, 0.6) is 0 Å². The van der Waals surface area contributed by atoms with E-state index in [0.29, 0.717) is 12.5 Å². The summed E-state index contributed by atoms with van der Waals surface area (Å²) in [6.07, 6.45) is 5.96. The molecule has 2 heterocycles. The predicted molar refractivity (Wildman–Crippen MR) is 130 cm³/mol. The minimum atomic E-state index is 0.0583. The van der Waals surface area contributed by atoms with Crippen molar-refractivity contribution in [2.24, 2.45) is 10.9 Å². The maximum atomic E-state index is 5.88. The van der Waals surface area contributed by atoms with E-state index in [0.717, 1.165) is 30.0 Å². The lowest BCUT2D eigenvalue weighted by atomic mass is 9.93. The van der Waals surface area contributed by atoms with E-state index >= 15 is 0 Å². The number of benzene rings is 2. The molecule has 0 radical (unpaired) electrons. The van der Waals surface area contributed by atoms with Gasteiger partial charge in [0.25, 0.3) is 0 Å². The van der Waals surface area contributed by atoms with Crippen LogP contribution in [0.25, 0.3) is 5.57 Å². The zero-order valence-corrected chi connectivity index (χ0v) is 19.1. The van der Waals surface area contributed by atoms with Crippen LogP contribution in [0, 0.1) is 5.92 Å². The van der Waals surface area contributed by atoms with Crippen molar-refractivity contribution in [1.29, 1.82) is 0 Å². The Hall–Kier alpha value is -3.11. The zero-order valence-electron chi connectivity index (χ0n) is 19.1. The van der Waals surface area contributed by atoms with Crippen molar-refractivity contribution in [3.05, 3.63) is 102 Å². The van der Waals surface area contributed by atoms with Crippen LogP contribution in [0.4, 0.5) is 0 Å². The zero-order chi connectivity index (χ0) is 22.3. The summed E-state index contributed by atoms with van der Waals surface area (Å²) in [6, 6.07) is 25.2. The summed E-state index contributed by atoms with van der Waals surface area (Å²) >= 11 is 0. The molecule has 4 nitrogen and oxygen atoms in total. The molecule has 0 saturated heterocycles. The van der Waals surface area contributed by atoms with Gasteiger partial charge in [-0.3, -0.25) is 4.99 Å². The van der Waals surface area contributed by atoms with Gasteiger partial charge in [-0.2, -0.15) is 0 Å². The van der Waals surface area contributed by atoms with Crippen LogP contribution >= 0.6 is 0 Å². The van der Waals surface area contributed by atoms with E-state index in [1.807, 2.05) is 12.1 Å². The van der Waals surface area contributed by atoms with E-state index in [-0.39, 0.29) is 12.1 Å². The second-order valence-electron chi connectivity index (χ2n) is 8.58. The first-order valence-electron chi connectivity index (χ1n) is 11.4. The molecule has 0 bridgehead atoms. The minimum absolute atomic E-state index is 0.0583. The van der Waals surface area contributed by atoms with E-state index in [2.05, 4.69) is 85.6 Å². The van der Waals surface area contributed by atoms with Crippen molar-refractivity contribution in [2.75, 3.05) is 13.7 Å². The summed E-state index contributed by atoms with van der Waals surface area (Å²) in [7, 11) is 1.74. The van der Waals surface area contributed by atoms with Crippen molar-refractivity contribution in [2.45, 2.75) is 38.8 Å². The van der Waals surface area contributed by atoms with Crippen LogP contribution in [0.3, 0.4) is 0 Å². The maximum Gasteiger partial charge on any atom is 0.135 e. The number of amidine groups is 1. The molecule has 3 aromatic rings. The number of aliphatic imine (C=N–C) groups is 1. The Morgan fingerprint density at radius 3 is 2.38 bits per heavy atom. The highest BCUT2D eigenvalue weighted by Crippen LogP contribution is 2.38. The smallest absolute Gasteiger partial charge is 0.135 e. The molecular weight excluding hydrogens is 396 g/mol. The molecule has 0 unspecified atom stereocenters. The highest BCUT2D eigenvalue weighted by atomic mass is 16.5. The van der Waals surface area contributed by atoms with Crippen molar-refractivity contribution in [1.82, 2.24) is 4.90 Å². The summed E-state index contributed by atoms with van der Waals surface area (Å²) in [4.78, 5) is 7.59. The van der Waals surface area contributed by atoms with Gasteiger partial charge in [0.05, 0.1) is 25.0 Å². The second kappa shape index (κ2) is 10.5. The van der Waals surface area contributed by atoms with Gasteiger partial charge in [0.2, 0.25) is 0 Å². The molecule has 1 aliphatic heterocycles. The molecule has 1 aromatic heterocycles. The number of hydrogen-bond acceptors (Lipinski definition) is 3. The average Bonchev–Trinajstić information content (AvgIpc) is 3.37. The molecule has 2 aromatic carbocycles. The van der Waals surface area contributed by atoms with Gasteiger partial charge in [-0.05, 0) is 42.0 Å². The first-order valence-corrected chi connectivity index (χ1v) is 11.4. The minimum Gasteiger partial charge on any atom is -0.467 e. The quantitative estimate of drug-likeness (QED) is 0.315. The predicted octanol–water partition coefficient (Wildman–Crippen LogP) is 6.58. The highest BCUT2D eigenvalue weighted by Gasteiger charge is 2.30. The fourth-order valence-electron chi connectivity index (χ4n) is 4.18. The van der Waals surface area contributed by atoms with Crippen LogP contribution in [-0.4, -0.2) is 30.5 Å². The fraction of sp³-hybridized carbons (Fsp3) is 0.321. The molecule has 0 amide bonds. The van der Waals surface area contributed by atoms with Gasteiger partial charge >= 0.3 is 0 Å². The van der Waals surface area contributed by atoms with E-state index in [9.17, 15) is 0 Å². The van der Waals surface area contributed by atoms with Gasteiger partial charge in [-0.1, -0.05) is 74.5 Å². The van der Waals surface area contributed by atoms with Crippen molar-refractivity contribution < 1.29 is 9.15 Å². The average molecular weight is 429 g/mol. The van der Waals surface area contributed by atoms with Gasteiger partial charge in [0.15, 0.2) is 0 Å². The highest BCUT2D eigenvalue weighted by molar-refractivity contribution is 6.00. The van der Waals surface area contributed by atoms with E-state index in [1.165, 1.54) is 11.1 Å². The van der Waals surface area contributed by atoms with Gasteiger partial charge in [0.1, 0.15) is 11.6 Å². The lowest BCUT2D eigenvalue weighted by molar-refractivity contribution is 0.164. The van der Waals surface area contributed by atoms with Gasteiger partial charge < -0.3 is 14.1 Å². The number of rotatable bonds is 7. The monoisotopic (exact) mass is 428 g/mol. The summed E-state index contributed by atoms with van der Waals surface area (Å²) < 4.78 is 11.4. The standard InChI is InChI=1S/C28H32N2O2/c1-21(2)25(20-31-3)29-28(23-13-8-5-9-14-23)30-19-24(22-11-6-4-7-12-22)16-17-26(30)27-15-10-18-32-27/h4-15,18-19,21,25-26H,16-17,20H2,1-3H3/t25-,26+/m1/s1. The number of hydrogen-bond donors (Lipinski definition) is 0. The number of methoxy groups -OCH3 is 1. The van der Waals surface area contributed by atoms with Gasteiger partial charge in [-0.15, -0.1) is 0 Å². The summed E-state index contributed by atoms with van der Waals surface area (Å²) in [5.74, 6) is 2.28. The van der Waals surface area contributed by atoms with Crippen LogP contribution in [0.2, 0.25) is 0 Å². The Morgan fingerprint density at radius 1 is 1.03 bits per heavy atom. The summed E-state index contributed by atoms with van der Waals surface area (Å²) in [5.41, 5.74) is 3.65. The van der Waals surface area contributed by atoms with Crippen LogP contribution in [0.15, 0.2) is 94.7 Å². The Morgan fingerprint density at radius 2 is 1.75 bits per heavy atom. The molecule has 4 rings (SSSR count). The van der Waals surface area contributed by atoms with Crippen LogP contribution in [0.1, 0.15) is 49.6 Å². The normalized spacial score (nSPS) is 18.0. The number of ether oxygens (including phenoxy) is 1. The number of allylic oxidation sites excluding steroid dienone is 1. The Bertz CT molecular complexity index is 1020. The third-order valence-corrected chi connectivity index (χ3v) is 6.01. The first-order chi connectivity index (χ1) is 15.7. The van der Waals surface area contributed by atoms with Crippen molar-refractivity contribution in [3.8, 4) is 0 Å². The molecule has 0 aliphatic carbocycles. The molecule has 1 aliphatic rings. The topological polar surface area (TPSA) is 38.0 Å². The molecule has 4 heteroatoms. The summed E-state index contributed by atoms with van der Waals surface area (Å²) in [6.45, 7) is 4.98. The maximum absolute atomic E-state index is 5.88. The molecular formula is C28H32N2O2. The Labute approximate surface area is 191 Å². The fourth-order valence-corrected chi connectivity index (χ4v) is 4.18. The second-order valence-corrected chi connectivity index (χ2v) is 8.58. The van der Waals surface area contributed by atoms with Crippen molar-refractivity contribution >= 4 is 11.4 Å². The number of nitrogens with zero attached hydrogens (tertiary/aromatic N) is 2. The third kappa shape index (κ3) is 5.03. The summed E-state index contributed by atoms with van der Waals surface area (Å²) in [5, 5.41) is 0. The Balaban J connectivity index is 1.85. The molecule has 32 heavy (non-hydrogen) atoms. The SMILES string of the molecule is COC[C@@H](N=C(c1ccccc1)N1C=C(c2ccccc2)CC[C@H]1c1ccco1)C(C)C. The molecule has 0 N–H and O–H groups in total. The van der Waals surface area contributed by atoms with Gasteiger partial charge in [0, 0.05) is 18.9 Å². The molecule has 0 fully saturated rings. The molecule has 166 valence electrons. The lowest BCUT2D eigenvalue weighted by Gasteiger charge is -2.36. The van der Waals surface area contributed by atoms with Gasteiger partial charge in [-0.25, -0.2) is 0 Å². The van der Waals surface area contributed by atoms with Crippen molar-refractivity contribution in [3.63, 3.8) is 0 Å². The van der Waals surface area contributed by atoms with E-state index in [4.69, 9.17) is 14.1 Å².